The van der Waals surface area contributed by atoms with Gasteiger partial charge in [0.2, 0.25) is 5.95 Å². The molecule has 0 spiro atoms. The first-order chi connectivity index (χ1) is 7.95. The average molecular weight is 257 g/mol. The number of rotatable bonds is 5. The molecule has 5 heteroatoms. The Kier molecular flexibility index (Phi) is 5.00. The molecule has 96 valence electrons. The van der Waals surface area contributed by atoms with E-state index in [4.69, 9.17) is 11.6 Å². The summed E-state index contributed by atoms with van der Waals surface area (Å²) in [6.07, 6.45) is 1.64. The van der Waals surface area contributed by atoms with Gasteiger partial charge in [0.05, 0.1) is 6.20 Å². The fraction of sp³-hybridized carbons (Fsp3) is 0.667. The third-order valence-electron chi connectivity index (χ3n) is 2.41. The second-order valence-electron chi connectivity index (χ2n) is 4.76. The third kappa shape index (κ3) is 3.73. The molecule has 0 saturated heterocycles. The molecule has 0 aliphatic carbocycles. The van der Waals surface area contributed by atoms with Crippen molar-refractivity contribution in [3.63, 3.8) is 0 Å². The summed E-state index contributed by atoms with van der Waals surface area (Å²) >= 11 is 6.18. The third-order valence-corrected chi connectivity index (χ3v) is 2.67. The maximum atomic E-state index is 6.18. The Balaban J connectivity index is 3.08. The van der Waals surface area contributed by atoms with Crippen LogP contribution in [-0.2, 0) is 0 Å². The van der Waals surface area contributed by atoms with Crippen LogP contribution in [0.2, 0.25) is 5.02 Å². The van der Waals surface area contributed by atoms with Crippen molar-refractivity contribution < 1.29 is 0 Å². The topological polar surface area (TPSA) is 41.1 Å². The van der Waals surface area contributed by atoms with Gasteiger partial charge in [-0.1, -0.05) is 25.4 Å². The summed E-state index contributed by atoms with van der Waals surface area (Å²) < 4.78 is 0. The lowest BCUT2D eigenvalue weighted by Gasteiger charge is -2.30. The van der Waals surface area contributed by atoms with Crippen LogP contribution in [0.4, 0.5) is 11.8 Å². The molecular weight excluding hydrogens is 236 g/mol. The minimum Gasteiger partial charge on any atom is -0.357 e. The molecule has 0 aliphatic heterocycles. The van der Waals surface area contributed by atoms with E-state index in [1.807, 2.05) is 0 Å². The van der Waals surface area contributed by atoms with E-state index in [2.05, 4.69) is 47.9 Å². The van der Waals surface area contributed by atoms with E-state index in [-0.39, 0.29) is 0 Å². The lowest BCUT2D eigenvalue weighted by atomic mass is 10.2. The van der Waals surface area contributed by atoms with Crippen LogP contribution in [0.1, 0.15) is 27.7 Å². The van der Waals surface area contributed by atoms with Gasteiger partial charge in [-0.25, -0.2) is 4.98 Å². The van der Waals surface area contributed by atoms with Crippen molar-refractivity contribution >= 4 is 23.4 Å². The highest BCUT2D eigenvalue weighted by Gasteiger charge is 2.17. The summed E-state index contributed by atoms with van der Waals surface area (Å²) in [4.78, 5) is 10.7. The minimum atomic E-state index is 0.356. The van der Waals surface area contributed by atoms with Crippen LogP contribution >= 0.6 is 11.6 Å². The Morgan fingerprint density at radius 1 is 1.35 bits per heavy atom. The van der Waals surface area contributed by atoms with E-state index in [0.717, 1.165) is 12.4 Å². The summed E-state index contributed by atoms with van der Waals surface area (Å²) in [5.41, 5.74) is 0. The van der Waals surface area contributed by atoms with E-state index in [1.165, 1.54) is 0 Å². The largest absolute Gasteiger partial charge is 0.357 e. The van der Waals surface area contributed by atoms with Crippen LogP contribution in [0, 0.1) is 5.92 Å². The van der Waals surface area contributed by atoms with Gasteiger partial charge in [0.1, 0.15) is 5.02 Å². The van der Waals surface area contributed by atoms with Crippen molar-refractivity contribution in [2.24, 2.45) is 5.92 Å². The molecule has 4 nitrogen and oxygen atoms in total. The number of halogens is 1. The number of hydrogen-bond donors (Lipinski definition) is 1. The lowest BCUT2D eigenvalue weighted by molar-refractivity contribution is 0.566. The summed E-state index contributed by atoms with van der Waals surface area (Å²) in [5, 5.41) is 3.53. The van der Waals surface area contributed by atoms with Crippen LogP contribution < -0.4 is 10.2 Å². The smallest absolute Gasteiger partial charge is 0.224 e. The summed E-state index contributed by atoms with van der Waals surface area (Å²) in [7, 11) is 1.80. The number of nitrogens with one attached hydrogen (secondary N) is 1. The van der Waals surface area contributed by atoms with Gasteiger partial charge in [0.25, 0.3) is 0 Å². The van der Waals surface area contributed by atoms with Crippen molar-refractivity contribution in [2.75, 3.05) is 23.8 Å². The summed E-state index contributed by atoms with van der Waals surface area (Å²) in [6.45, 7) is 9.57. The zero-order valence-electron chi connectivity index (χ0n) is 11.2. The van der Waals surface area contributed by atoms with Crippen molar-refractivity contribution in [2.45, 2.75) is 33.7 Å². The van der Waals surface area contributed by atoms with Crippen LogP contribution in [0.3, 0.4) is 0 Å². The molecule has 0 fully saturated rings. The SMILES string of the molecule is CNc1ncc(Cl)c(N(CC(C)C)C(C)C)n1. The molecule has 0 amide bonds. The molecule has 0 bridgehead atoms. The van der Waals surface area contributed by atoms with Gasteiger partial charge in [-0.05, 0) is 19.8 Å². The molecular formula is C12H21ClN4. The second kappa shape index (κ2) is 6.05. The number of anilines is 2. The molecule has 0 atom stereocenters. The highest BCUT2D eigenvalue weighted by atomic mass is 35.5. The predicted octanol–water partition coefficient (Wildman–Crippen LogP) is 3.04. The normalized spacial score (nSPS) is 11.1. The molecule has 1 rings (SSSR count). The standard InChI is InChI=1S/C12H21ClN4/c1-8(2)7-17(9(3)4)11-10(13)6-15-12(14-5)16-11/h6,8-9H,7H2,1-5H3,(H,14,15,16). The molecule has 0 saturated carbocycles. The second-order valence-corrected chi connectivity index (χ2v) is 5.16. The van der Waals surface area contributed by atoms with Crippen LogP contribution in [0.5, 0.6) is 0 Å². The van der Waals surface area contributed by atoms with E-state index in [9.17, 15) is 0 Å². The highest BCUT2D eigenvalue weighted by Crippen LogP contribution is 2.26. The molecule has 1 aromatic rings. The molecule has 1 aromatic heterocycles. The van der Waals surface area contributed by atoms with Gasteiger partial charge in [-0.2, -0.15) is 4.98 Å². The van der Waals surface area contributed by atoms with Gasteiger partial charge in [0, 0.05) is 19.6 Å². The van der Waals surface area contributed by atoms with Crippen LogP contribution in [-0.4, -0.2) is 29.6 Å². The summed E-state index contributed by atoms with van der Waals surface area (Å²) in [5.74, 6) is 1.95. The zero-order valence-corrected chi connectivity index (χ0v) is 11.9. The Morgan fingerprint density at radius 3 is 2.47 bits per heavy atom. The van der Waals surface area contributed by atoms with Crippen molar-refractivity contribution in [3.05, 3.63) is 11.2 Å². The fourth-order valence-corrected chi connectivity index (χ4v) is 1.81. The Labute approximate surface area is 108 Å². The molecule has 0 unspecified atom stereocenters. The first-order valence-electron chi connectivity index (χ1n) is 5.92. The van der Waals surface area contributed by atoms with Gasteiger partial charge in [0.15, 0.2) is 5.82 Å². The Morgan fingerprint density at radius 2 is 2.00 bits per heavy atom. The lowest BCUT2D eigenvalue weighted by Crippen LogP contribution is -2.35. The first-order valence-corrected chi connectivity index (χ1v) is 6.30. The average Bonchev–Trinajstić information content (AvgIpc) is 2.26. The van der Waals surface area contributed by atoms with E-state index >= 15 is 0 Å². The van der Waals surface area contributed by atoms with Gasteiger partial charge in [-0.15, -0.1) is 0 Å². The van der Waals surface area contributed by atoms with Crippen molar-refractivity contribution in [1.29, 1.82) is 0 Å². The minimum absolute atomic E-state index is 0.356. The number of hydrogen-bond acceptors (Lipinski definition) is 4. The van der Waals surface area contributed by atoms with Gasteiger partial charge < -0.3 is 10.2 Å². The number of nitrogens with zero attached hydrogens (tertiary/aromatic N) is 3. The maximum absolute atomic E-state index is 6.18. The number of aromatic nitrogens is 2. The van der Waals surface area contributed by atoms with Crippen molar-refractivity contribution in [1.82, 2.24) is 9.97 Å². The Hall–Kier alpha value is -1.03. The van der Waals surface area contributed by atoms with E-state index in [0.29, 0.717) is 22.9 Å². The molecule has 17 heavy (non-hydrogen) atoms. The maximum Gasteiger partial charge on any atom is 0.224 e. The van der Waals surface area contributed by atoms with E-state index in [1.54, 1.807) is 13.2 Å². The molecule has 1 heterocycles. The van der Waals surface area contributed by atoms with Gasteiger partial charge in [-0.3, -0.25) is 0 Å². The zero-order chi connectivity index (χ0) is 13.0. The van der Waals surface area contributed by atoms with Crippen molar-refractivity contribution in [3.8, 4) is 0 Å². The highest BCUT2D eigenvalue weighted by molar-refractivity contribution is 6.32. The first kappa shape index (κ1) is 14.0. The fourth-order valence-electron chi connectivity index (χ4n) is 1.62. The Bertz CT molecular complexity index is 366. The van der Waals surface area contributed by atoms with Gasteiger partial charge >= 0.3 is 0 Å². The molecule has 0 radical (unpaired) electrons. The van der Waals surface area contributed by atoms with E-state index < -0.39 is 0 Å². The molecule has 1 N–H and O–H groups in total. The molecule has 0 aliphatic rings. The predicted molar refractivity (Wildman–Crippen MR) is 73.9 cm³/mol. The van der Waals surface area contributed by atoms with Crippen LogP contribution in [0.25, 0.3) is 0 Å². The van der Waals surface area contributed by atoms with Crippen LogP contribution in [0.15, 0.2) is 6.20 Å². The molecule has 0 aromatic carbocycles. The summed E-state index contributed by atoms with van der Waals surface area (Å²) in [6, 6.07) is 0.356. The quantitative estimate of drug-likeness (QED) is 0.879. The monoisotopic (exact) mass is 256 g/mol.